The number of piperazine rings is 1. The van der Waals surface area contributed by atoms with E-state index in [1.54, 1.807) is 12.1 Å². The zero-order valence-corrected chi connectivity index (χ0v) is 15.7. The Labute approximate surface area is 156 Å². The van der Waals surface area contributed by atoms with Crippen LogP contribution in [-0.2, 0) is 0 Å². The van der Waals surface area contributed by atoms with E-state index in [0.717, 1.165) is 31.9 Å². The molecule has 26 heavy (non-hydrogen) atoms. The van der Waals surface area contributed by atoms with E-state index in [9.17, 15) is 5.11 Å². The number of benzene rings is 2. The molecule has 2 aromatic rings. The van der Waals surface area contributed by atoms with Crippen LogP contribution in [0.2, 0.25) is 0 Å². The summed E-state index contributed by atoms with van der Waals surface area (Å²) in [4.78, 5) is 4.74. The Morgan fingerprint density at radius 1 is 1.04 bits per heavy atom. The van der Waals surface area contributed by atoms with Gasteiger partial charge in [0.05, 0.1) is 0 Å². The highest BCUT2D eigenvalue weighted by Gasteiger charge is 2.20. The molecule has 1 aliphatic rings. The Hall–Kier alpha value is -2.24. The summed E-state index contributed by atoms with van der Waals surface area (Å²) < 4.78 is 5.64. The first-order chi connectivity index (χ1) is 12.5. The minimum absolute atomic E-state index is 0.293. The molecule has 0 bridgehead atoms. The van der Waals surface area contributed by atoms with Gasteiger partial charge in [-0.2, -0.15) is 0 Å². The second-order valence-corrected chi connectivity index (χ2v) is 7.11. The normalized spacial score (nSPS) is 16.5. The second-order valence-electron chi connectivity index (χ2n) is 7.11. The highest BCUT2D eigenvalue weighted by atomic mass is 16.5. The van der Waals surface area contributed by atoms with Crippen LogP contribution in [0.25, 0.3) is 0 Å². The third-order valence-electron chi connectivity index (χ3n) is 4.87. The van der Waals surface area contributed by atoms with Crippen molar-refractivity contribution in [3.05, 3.63) is 53.6 Å². The van der Waals surface area contributed by atoms with Gasteiger partial charge in [-0.15, -0.1) is 0 Å². The van der Waals surface area contributed by atoms with Gasteiger partial charge in [-0.05, 0) is 55.3 Å². The van der Waals surface area contributed by atoms with Crippen molar-refractivity contribution in [1.82, 2.24) is 4.90 Å². The molecule has 1 atom stereocenters. The lowest BCUT2D eigenvalue weighted by Gasteiger charge is -2.37. The molecule has 0 saturated carbocycles. The van der Waals surface area contributed by atoms with E-state index in [-0.39, 0.29) is 0 Å². The van der Waals surface area contributed by atoms with Crippen LogP contribution >= 0.6 is 0 Å². The topological polar surface area (TPSA) is 62.0 Å². The van der Waals surface area contributed by atoms with Crippen LogP contribution in [0, 0.1) is 13.8 Å². The molecular weight excluding hydrogens is 326 g/mol. The average molecular weight is 355 g/mol. The number of hydrogen-bond donors (Lipinski definition) is 2. The van der Waals surface area contributed by atoms with Gasteiger partial charge in [-0.3, -0.25) is 4.90 Å². The van der Waals surface area contributed by atoms with Gasteiger partial charge in [0.15, 0.2) is 0 Å². The predicted molar refractivity (Wildman–Crippen MR) is 107 cm³/mol. The fourth-order valence-corrected chi connectivity index (χ4v) is 3.34. The Bertz CT molecular complexity index is 710. The number of nitrogen functional groups attached to an aromatic ring is 1. The quantitative estimate of drug-likeness (QED) is 0.780. The largest absolute Gasteiger partial charge is 0.491 e. The number of nitrogens with zero attached hydrogens (tertiary/aromatic N) is 2. The Balaban J connectivity index is 1.44. The van der Waals surface area contributed by atoms with E-state index < -0.39 is 6.10 Å². The molecule has 3 rings (SSSR count). The first-order valence-corrected chi connectivity index (χ1v) is 9.22. The maximum Gasteiger partial charge on any atom is 0.119 e. The zero-order chi connectivity index (χ0) is 18.5. The van der Waals surface area contributed by atoms with Crippen LogP contribution < -0.4 is 15.4 Å². The number of rotatable bonds is 6. The predicted octanol–water partition coefficient (Wildman–Crippen LogP) is 2.45. The molecule has 1 unspecified atom stereocenters. The van der Waals surface area contributed by atoms with Crippen LogP contribution in [0.15, 0.2) is 42.5 Å². The molecule has 1 aliphatic heterocycles. The smallest absolute Gasteiger partial charge is 0.119 e. The van der Waals surface area contributed by atoms with E-state index in [1.807, 2.05) is 12.1 Å². The molecule has 3 N–H and O–H groups in total. The molecule has 1 saturated heterocycles. The maximum absolute atomic E-state index is 10.3. The summed E-state index contributed by atoms with van der Waals surface area (Å²) >= 11 is 0. The third kappa shape index (κ3) is 4.90. The van der Waals surface area contributed by atoms with Gasteiger partial charge in [0.2, 0.25) is 0 Å². The number of aryl methyl sites for hydroxylation is 2. The molecule has 0 radical (unpaired) electrons. The summed E-state index contributed by atoms with van der Waals surface area (Å²) in [6, 6.07) is 13.9. The molecule has 0 aromatic heterocycles. The van der Waals surface area contributed by atoms with Gasteiger partial charge < -0.3 is 20.5 Å². The van der Waals surface area contributed by atoms with Gasteiger partial charge in [0.25, 0.3) is 0 Å². The van der Waals surface area contributed by atoms with Crippen molar-refractivity contribution in [3.63, 3.8) is 0 Å². The van der Waals surface area contributed by atoms with Crippen LogP contribution in [0.5, 0.6) is 5.75 Å². The van der Waals surface area contributed by atoms with Crippen LogP contribution in [-0.4, -0.2) is 55.4 Å². The molecule has 1 fully saturated rings. The molecular formula is C21H29N3O2. The van der Waals surface area contributed by atoms with Crippen LogP contribution in [0.4, 0.5) is 11.4 Å². The van der Waals surface area contributed by atoms with Crippen molar-refractivity contribution >= 4 is 11.4 Å². The van der Waals surface area contributed by atoms with Gasteiger partial charge >= 0.3 is 0 Å². The van der Waals surface area contributed by atoms with Crippen LogP contribution in [0.1, 0.15) is 11.1 Å². The standard InChI is InChI=1S/C21H29N3O2/c1-16-3-4-17(2)21(13-16)24-11-9-23(10-12-24)14-19(25)15-26-20-7-5-18(22)6-8-20/h3-8,13,19,25H,9-12,14-15,22H2,1-2H3. The number of aliphatic hydroxyl groups is 1. The lowest BCUT2D eigenvalue weighted by molar-refractivity contribution is 0.0663. The van der Waals surface area contributed by atoms with E-state index in [4.69, 9.17) is 10.5 Å². The summed E-state index contributed by atoms with van der Waals surface area (Å²) in [6.07, 6.45) is -0.500. The Kier molecular flexibility index (Phi) is 6.01. The van der Waals surface area contributed by atoms with E-state index in [2.05, 4.69) is 41.8 Å². The van der Waals surface area contributed by atoms with Crippen LogP contribution in [0.3, 0.4) is 0 Å². The van der Waals surface area contributed by atoms with Crippen molar-refractivity contribution in [1.29, 1.82) is 0 Å². The molecule has 5 nitrogen and oxygen atoms in total. The minimum Gasteiger partial charge on any atom is -0.491 e. The van der Waals surface area contributed by atoms with Gasteiger partial charge in [-0.1, -0.05) is 12.1 Å². The van der Waals surface area contributed by atoms with Crippen molar-refractivity contribution in [2.24, 2.45) is 0 Å². The molecule has 140 valence electrons. The summed E-state index contributed by atoms with van der Waals surface area (Å²) in [5.74, 6) is 0.734. The summed E-state index contributed by atoms with van der Waals surface area (Å²) in [7, 11) is 0. The zero-order valence-electron chi connectivity index (χ0n) is 15.7. The summed E-state index contributed by atoms with van der Waals surface area (Å²) in [5, 5.41) is 10.3. The number of anilines is 2. The average Bonchev–Trinajstić information content (AvgIpc) is 2.64. The van der Waals surface area contributed by atoms with Crippen molar-refractivity contribution in [2.45, 2.75) is 20.0 Å². The van der Waals surface area contributed by atoms with Gasteiger partial charge in [0.1, 0.15) is 18.5 Å². The third-order valence-corrected chi connectivity index (χ3v) is 4.87. The maximum atomic E-state index is 10.3. The monoisotopic (exact) mass is 355 g/mol. The minimum atomic E-state index is -0.500. The molecule has 0 aliphatic carbocycles. The fraction of sp³-hybridized carbons (Fsp3) is 0.429. The number of aliphatic hydroxyl groups excluding tert-OH is 1. The van der Waals surface area contributed by atoms with E-state index in [1.165, 1.54) is 16.8 Å². The lowest BCUT2D eigenvalue weighted by Crippen LogP contribution is -2.49. The summed E-state index contributed by atoms with van der Waals surface area (Å²) in [6.45, 7) is 9.09. The highest BCUT2D eigenvalue weighted by Crippen LogP contribution is 2.23. The highest BCUT2D eigenvalue weighted by molar-refractivity contribution is 5.55. The first kappa shape index (κ1) is 18.5. The van der Waals surface area contributed by atoms with Crippen molar-refractivity contribution < 1.29 is 9.84 Å². The van der Waals surface area contributed by atoms with Crippen molar-refractivity contribution in [3.8, 4) is 5.75 Å². The SMILES string of the molecule is Cc1ccc(C)c(N2CCN(CC(O)COc3ccc(N)cc3)CC2)c1. The van der Waals surface area contributed by atoms with Gasteiger partial charge in [0, 0.05) is 44.1 Å². The van der Waals surface area contributed by atoms with Gasteiger partial charge in [-0.25, -0.2) is 0 Å². The molecule has 2 aromatic carbocycles. The summed E-state index contributed by atoms with van der Waals surface area (Å²) in [5.41, 5.74) is 10.3. The number of ether oxygens (including phenoxy) is 1. The lowest BCUT2D eigenvalue weighted by atomic mass is 10.1. The molecule has 0 spiro atoms. The van der Waals surface area contributed by atoms with E-state index >= 15 is 0 Å². The molecule has 1 heterocycles. The number of hydrogen-bond acceptors (Lipinski definition) is 5. The van der Waals surface area contributed by atoms with Crippen molar-refractivity contribution in [2.75, 3.05) is 50.0 Å². The molecule has 5 heteroatoms. The number of β-amino-alcohol motifs (C(OH)–C–C–N with tert-alkyl or cyclic N) is 1. The Morgan fingerprint density at radius 2 is 1.73 bits per heavy atom. The number of nitrogens with two attached hydrogens (primary N) is 1. The second kappa shape index (κ2) is 8.43. The molecule has 0 amide bonds. The Morgan fingerprint density at radius 3 is 2.42 bits per heavy atom. The first-order valence-electron chi connectivity index (χ1n) is 9.22. The van der Waals surface area contributed by atoms with E-state index in [0.29, 0.717) is 18.8 Å². The fourth-order valence-electron chi connectivity index (χ4n) is 3.34.